The van der Waals surface area contributed by atoms with E-state index in [1.807, 2.05) is 206 Å². The third kappa shape index (κ3) is 35.7. The van der Waals surface area contributed by atoms with Crippen LogP contribution in [0.5, 0.6) is 23.0 Å². The monoisotopic (exact) mass is 1550 g/mol. The number of hydrogen-bond donors (Lipinski definition) is 3. The van der Waals surface area contributed by atoms with E-state index < -0.39 is 35.1 Å². The van der Waals surface area contributed by atoms with E-state index >= 15 is 0 Å². The summed E-state index contributed by atoms with van der Waals surface area (Å²) < 4.78 is 34.8. The number of alkyl halides is 1. The second-order valence-corrected chi connectivity index (χ2v) is 29.6. The van der Waals surface area contributed by atoms with Crippen molar-refractivity contribution in [3.05, 3.63) is 273 Å². The molecule has 0 radical (unpaired) electrons. The molecule has 0 aliphatic heterocycles. The van der Waals surface area contributed by atoms with Gasteiger partial charge < -0.3 is 39.3 Å². The summed E-state index contributed by atoms with van der Waals surface area (Å²) in [6.45, 7) is 18.3. The van der Waals surface area contributed by atoms with Crippen LogP contribution in [-0.2, 0) is 46.5 Å². The second-order valence-electron chi connectivity index (χ2n) is 27.5. The number of carbonyl (C=O) groups is 3. The van der Waals surface area contributed by atoms with Crippen LogP contribution in [0.15, 0.2) is 234 Å². The molecular weight excluding hydrogens is 1450 g/mol. The van der Waals surface area contributed by atoms with Crippen LogP contribution in [0.25, 0.3) is 0 Å². The molecule has 2 saturated carbocycles. The topological polar surface area (TPSA) is 194 Å². The molecule has 2 aliphatic rings. The molecule has 0 saturated heterocycles. The Morgan fingerprint density at radius 3 is 1.30 bits per heavy atom. The van der Waals surface area contributed by atoms with Crippen molar-refractivity contribution >= 4 is 73.1 Å². The third-order valence-electron chi connectivity index (χ3n) is 15.3. The van der Waals surface area contributed by atoms with Crippen LogP contribution in [0.2, 0.25) is 0 Å². The molecule has 18 heteroatoms. The molecule has 2 fully saturated rings. The van der Waals surface area contributed by atoms with Crippen LogP contribution in [0, 0.1) is 0 Å². The Hall–Kier alpha value is -8.90. The van der Waals surface area contributed by atoms with Gasteiger partial charge in [-0.05, 0) is 200 Å². The molecule has 11 rings (SSSR count). The SMILES string of the molecule is Brc1cccc(OCc2ccccc2)c1.C.CC(C)(C)OC(=O)N(Cc1ccc(C2CCCCC2)cn1)c1cccc(OCc2ccccc2)c1.CC(C)(C)OC(=O)Nc1cccc(OCc2ccccc2)c1.CC(C)(C)OC(N)=O.ClCc1ccc(C2CCCCC2)cn1.Oc1cccc(Br)c1. The van der Waals surface area contributed by atoms with Crippen molar-refractivity contribution in [1.82, 2.24) is 9.97 Å². The van der Waals surface area contributed by atoms with E-state index in [-0.39, 0.29) is 7.43 Å². The average molecular weight is 1550 g/mol. The number of primary amides is 1. The van der Waals surface area contributed by atoms with Crippen molar-refractivity contribution in [2.24, 2.45) is 5.73 Å². The highest BCUT2D eigenvalue weighted by Gasteiger charge is 2.26. The first-order valence-corrected chi connectivity index (χ1v) is 36.7. The largest absolute Gasteiger partial charge is 0.508 e. The molecule has 9 aromatic rings. The summed E-state index contributed by atoms with van der Waals surface area (Å²) in [6.07, 6.45) is 15.6. The van der Waals surface area contributed by atoms with Gasteiger partial charge in [-0.15, -0.1) is 11.6 Å². The summed E-state index contributed by atoms with van der Waals surface area (Å²) in [5.41, 5.74) is 12.4. The number of pyridine rings is 2. The van der Waals surface area contributed by atoms with E-state index in [9.17, 15) is 14.4 Å². The molecule has 0 unspecified atom stereocenters. The fourth-order valence-corrected chi connectivity index (χ4v) is 11.4. The van der Waals surface area contributed by atoms with E-state index in [1.54, 1.807) is 56.0 Å². The number of benzene rings is 7. The summed E-state index contributed by atoms with van der Waals surface area (Å²) in [5, 5.41) is 11.5. The van der Waals surface area contributed by atoms with Gasteiger partial charge in [0.2, 0.25) is 0 Å². The smallest absolute Gasteiger partial charge is 0.415 e. The molecule has 4 N–H and O–H groups in total. The number of aromatic hydroxyl groups is 1. The molecule has 0 bridgehead atoms. The van der Waals surface area contributed by atoms with Crippen LogP contribution in [-0.4, -0.2) is 50.2 Å². The minimum atomic E-state index is -0.725. The van der Waals surface area contributed by atoms with Crippen molar-refractivity contribution < 1.29 is 47.9 Å². The van der Waals surface area contributed by atoms with E-state index in [0.717, 1.165) is 43.1 Å². The van der Waals surface area contributed by atoms with Gasteiger partial charge in [0.15, 0.2) is 0 Å². The molecule has 3 amide bonds. The number of halogens is 3. The number of ether oxygens (including phenoxy) is 6. The zero-order valence-electron chi connectivity index (χ0n) is 60.3. The van der Waals surface area contributed by atoms with Crippen LogP contribution >= 0.6 is 43.5 Å². The Balaban J connectivity index is 0.000000241. The molecule has 2 heterocycles. The minimum Gasteiger partial charge on any atom is -0.508 e. The van der Waals surface area contributed by atoms with Gasteiger partial charge in [0.05, 0.1) is 29.5 Å². The summed E-state index contributed by atoms with van der Waals surface area (Å²) >= 11 is 12.3. The summed E-state index contributed by atoms with van der Waals surface area (Å²) in [4.78, 5) is 45.6. The van der Waals surface area contributed by atoms with Crippen LogP contribution in [0.3, 0.4) is 0 Å². The first-order chi connectivity index (χ1) is 48.7. The fraction of sp³-hybridized carbons (Fsp3) is 0.353. The van der Waals surface area contributed by atoms with Crippen molar-refractivity contribution in [2.45, 2.75) is 195 Å². The Kier molecular flexibility index (Phi) is 36.7. The number of rotatable bonds is 16. The lowest BCUT2D eigenvalue weighted by Gasteiger charge is -2.28. The third-order valence-corrected chi connectivity index (χ3v) is 16.5. The summed E-state index contributed by atoms with van der Waals surface area (Å²) in [6, 6.07) is 68.1. The zero-order valence-corrected chi connectivity index (χ0v) is 64.2. The highest BCUT2D eigenvalue weighted by atomic mass is 79.9. The fourth-order valence-electron chi connectivity index (χ4n) is 10.5. The standard InChI is InChI=1S/C30H36N2O3.C18H21NO3.C13H11BrO.C12H16ClN.C6H5BrO.C5H11NO2.CH4/c1-30(2,3)35-29(33)32(21-26-18-17-25(20-31-26)24-13-8-5-9-14-24)27-15-10-16-28(19-27)34-22-23-11-6-4-7-12-23;1-18(2,3)22-17(20)19-15-10-7-11-16(12-15)21-13-14-8-5-4-6-9-14;14-12-7-4-8-13(9-12)15-10-11-5-2-1-3-6-11;13-8-12-7-6-11(9-14-12)10-4-2-1-3-5-10;7-5-2-1-3-6(8)4-5;1-5(2,3)8-4(6)7;/h4,6-7,10-12,15-20,24H,5,8-9,13-14,21-22H2,1-3H3;4-12H,13H2,1-3H3,(H,19,20);1-9H,10H2;6-7,9-10H,1-5,8H2;1-4,8H;1-3H3,(H2,6,7);1H4. The van der Waals surface area contributed by atoms with Gasteiger partial charge in [-0.3, -0.25) is 20.2 Å². The normalized spacial score (nSPS) is 12.7. The Bertz CT molecular complexity index is 3860. The maximum absolute atomic E-state index is 13.2. The number of nitrogens with zero attached hydrogens (tertiary/aromatic N) is 3. The Labute approximate surface area is 633 Å². The van der Waals surface area contributed by atoms with E-state index in [4.69, 9.17) is 51.1 Å². The molecule has 2 aromatic heterocycles. The lowest BCUT2D eigenvalue weighted by molar-refractivity contribution is 0.0571. The molecule has 103 heavy (non-hydrogen) atoms. The van der Waals surface area contributed by atoms with Crippen molar-refractivity contribution in [2.75, 3.05) is 10.2 Å². The number of nitrogens with one attached hydrogen (secondary N) is 1. The second kappa shape index (κ2) is 44.6. The lowest BCUT2D eigenvalue weighted by atomic mass is 9.85. The highest BCUT2D eigenvalue weighted by molar-refractivity contribution is 9.10. The zero-order chi connectivity index (χ0) is 73.8. The molecule has 550 valence electrons. The summed E-state index contributed by atoms with van der Waals surface area (Å²) in [7, 11) is 0. The highest BCUT2D eigenvalue weighted by Crippen LogP contribution is 2.34. The van der Waals surface area contributed by atoms with Gasteiger partial charge in [-0.2, -0.15) is 0 Å². The van der Waals surface area contributed by atoms with Crippen LogP contribution < -0.4 is 30.2 Å². The number of anilines is 2. The van der Waals surface area contributed by atoms with E-state index in [0.29, 0.717) is 66.8 Å². The first-order valence-electron chi connectivity index (χ1n) is 34.6. The predicted octanol–water partition coefficient (Wildman–Crippen LogP) is 23.8. The lowest BCUT2D eigenvalue weighted by Crippen LogP contribution is -2.36. The maximum Gasteiger partial charge on any atom is 0.415 e. The molecule has 7 aromatic carbocycles. The number of phenols is 1. The Morgan fingerprint density at radius 1 is 0.495 bits per heavy atom. The quantitative estimate of drug-likeness (QED) is 0.0613. The van der Waals surface area contributed by atoms with Gasteiger partial charge in [-0.25, -0.2) is 14.4 Å². The number of amides is 3. The Morgan fingerprint density at radius 2 is 0.913 bits per heavy atom. The van der Waals surface area contributed by atoms with Crippen LogP contribution in [0.4, 0.5) is 25.8 Å². The molecule has 15 nitrogen and oxygen atoms in total. The molecule has 0 spiro atoms. The van der Waals surface area contributed by atoms with Gasteiger partial charge in [0.1, 0.15) is 59.6 Å². The first kappa shape index (κ1) is 84.8. The number of phenolic OH excluding ortho intramolecular Hbond substituents is 1. The van der Waals surface area contributed by atoms with Gasteiger partial charge in [-0.1, -0.05) is 205 Å². The molecule has 2 aliphatic carbocycles. The number of hydrogen-bond acceptors (Lipinski definition) is 12. The average Bonchev–Trinajstić information content (AvgIpc) is 0.826. The predicted molar refractivity (Wildman–Crippen MR) is 424 cm³/mol. The van der Waals surface area contributed by atoms with Gasteiger partial charge >= 0.3 is 18.3 Å². The van der Waals surface area contributed by atoms with Gasteiger partial charge in [0, 0.05) is 39.2 Å². The maximum atomic E-state index is 13.2. The van der Waals surface area contributed by atoms with Gasteiger partial charge in [0.25, 0.3) is 0 Å². The van der Waals surface area contributed by atoms with Crippen molar-refractivity contribution in [3.8, 4) is 23.0 Å². The molecular formula is C85H104Br2ClN5O10. The number of nitrogens with two attached hydrogens (primary N) is 1. The number of carbonyl (C=O) groups excluding carboxylic acids is 3. The van der Waals surface area contributed by atoms with Crippen molar-refractivity contribution in [3.63, 3.8) is 0 Å². The van der Waals surface area contributed by atoms with Crippen LogP contribution in [0.1, 0.15) is 185 Å². The molecule has 0 atom stereocenters. The minimum absolute atomic E-state index is 0. The van der Waals surface area contributed by atoms with Crippen molar-refractivity contribution in [1.29, 1.82) is 0 Å². The number of aromatic nitrogens is 2. The van der Waals surface area contributed by atoms with E-state index in [2.05, 4.69) is 77.2 Å². The van der Waals surface area contributed by atoms with E-state index in [1.165, 1.54) is 80.9 Å². The summed E-state index contributed by atoms with van der Waals surface area (Å²) in [5.74, 6) is 4.43.